The molecule has 4 nitrogen and oxygen atoms in total. The molecule has 0 fully saturated rings. The highest BCUT2D eigenvalue weighted by Gasteiger charge is 2.16. The van der Waals surface area contributed by atoms with Gasteiger partial charge in [-0.1, -0.05) is 23.8 Å². The largest absolute Gasteiger partial charge is 0.497 e. The zero-order chi connectivity index (χ0) is 17.5. The minimum atomic E-state index is -0.128. The predicted octanol–water partition coefficient (Wildman–Crippen LogP) is 4.43. The number of carbonyl (C=O) groups is 1. The highest BCUT2D eigenvalue weighted by Crippen LogP contribution is 2.30. The van der Waals surface area contributed by atoms with Gasteiger partial charge in [-0.25, -0.2) is 0 Å². The lowest BCUT2D eigenvalue weighted by Gasteiger charge is -2.13. The van der Waals surface area contributed by atoms with Crippen LogP contribution < -0.4 is 14.2 Å². The number of benzene rings is 2. The number of ether oxygens (including phenoxy) is 3. The Morgan fingerprint density at radius 3 is 2.21 bits per heavy atom. The van der Waals surface area contributed by atoms with Crippen molar-refractivity contribution in [1.82, 2.24) is 0 Å². The monoisotopic (exact) mass is 326 g/mol. The fourth-order valence-electron chi connectivity index (χ4n) is 2.26. The van der Waals surface area contributed by atoms with Gasteiger partial charge < -0.3 is 14.2 Å². The normalized spacial score (nSPS) is 10.0. The van der Waals surface area contributed by atoms with Gasteiger partial charge >= 0.3 is 0 Å². The molecule has 0 spiro atoms. The van der Waals surface area contributed by atoms with Gasteiger partial charge in [0.05, 0.1) is 14.2 Å². The summed E-state index contributed by atoms with van der Waals surface area (Å²) < 4.78 is 16.3. The Labute approximate surface area is 142 Å². The van der Waals surface area contributed by atoms with Crippen LogP contribution in [0.4, 0.5) is 0 Å². The second kappa shape index (κ2) is 8.20. The summed E-state index contributed by atoms with van der Waals surface area (Å²) >= 11 is 0. The lowest BCUT2D eigenvalue weighted by atomic mass is 10.1. The van der Waals surface area contributed by atoms with E-state index in [1.165, 1.54) is 0 Å². The molecule has 2 aromatic rings. The molecule has 0 aliphatic heterocycles. The van der Waals surface area contributed by atoms with Crippen LogP contribution in [0.2, 0.25) is 0 Å². The first kappa shape index (κ1) is 17.6. The minimum Gasteiger partial charge on any atom is -0.497 e. The fourth-order valence-corrected chi connectivity index (χ4v) is 2.26. The number of methoxy groups -OCH3 is 2. The SMILES string of the molecule is COc1ccc(COc2cccc(OC)c2C(=O)C=C(C)C)cc1. The van der Waals surface area contributed by atoms with E-state index in [1.54, 1.807) is 32.4 Å². The van der Waals surface area contributed by atoms with Crippen molar-refractivity contribution in [3.63, 3.8) is 0 Å². The standard InChI is InChI=1S/C20H22O4/c1-14(2)12-17(21)20-18(23-4)6-5-7-19(20)24-13-15-8-10-16(22-3)11-9-15/h5-12H,13H2,1-4H3. The zero-order valence-corrected chi connectivity index (χ0v) is 14.5. The zero-order valence-electron chi connectivity index (χ0n) is 14.5. The van der Waals surface area contributed by atoms with Crippen LogP contribution in [0.25, 0.3) is 0 Å². The smallest absolute Gasteiger partial charge is 0.193 e. The Bertz CT molecular complexity index is 726. The van der Waals surface area contributed by atoms with Crippen molar-refractivity contribution in [3.05, 3.63) is 65.2 Å². The third kappa shape index (κ3) is 4.38. The van der Waals surface area contributed by atoms with Gasteiger partial charge in [-0.15, -0.1) is 0 Å². The van der Waals surface area contributed by atoms with Crippen molar-refractivity contribution >= 4 is 5.78 Å². The Morgan fingerprint density at radius 2 is 1.62 bits per heavy atom. The van der Waals surface area contributed by atoms with E-state index in [9.17, 15) is 4.79 Å². The van der Waals surface area contributed by atoms with E-state index in [-0.39, 0.29) is 5.78 Å². The Balaban J connectivity index is 2.25. The number of allylic oxidation sites excluding steroid dienone is 2. The summed E-state index contributed by atoms with van der Waals surface area (Å²) in [6, 6.07) is 12.9. The number of rotatable bonds is 7. The van der Waals surface area contributed by atoms with Crippen molar-refractivity contribution in [2.45, 2.75) is 20.5 Å². The van der Waals surface area contributed by atoms with Crippen molar-refractivity contribution < 1.29 is 19.0 Å². The lowest BCUT2D eigenvalue weighted by molar-refractivity contribution is 0.103. The van der Waals surface area contributed by atoms with Crippen molar-refractivity contribution in [2.24, 2.45) is 0 Å². The number of carbonyl (C=O) groups excluding carboxylic acids is 1. The molecule has 2 aromatic carbocycles. The number of hydrogen-bond acceptors (Lipinski definition) is 4. The van der Waals surface area contributed by atoms with E-state index in [0.717, 1.165) is 16.9 Å². The maximum atomic E-state index is 12.5. The maximum absolute atomic E-state index is 12.5. The van der Waals surface area contributed by atoms with Gasteiger partial charge in [-0.3, -0.25) is 4.79 Å². The highest BCUT2D eigenvalue weighted by molar-refractivity contribution is 6.08. The predicted molar refractivity (Wildman–Crippen MR) is 94.1 cm³/mol. The molecule has 0 saturated heterocycles. The Kier molecular flexibility index (Phi) is 6.01. The highest BCUT2D eigenvalue weighted by atomic mass is 16.5. The van der Waals surface area contributed by atoms with Crippen LogP contribution in [-0.4, -0.2) is 20.0 Å². The molecule has 0 aliphatic rings. The first-order valence-corrected chi connectivity index (χ1v) is 7.67. The molecular weight excluding hydrogens is 304 g/mol. The summed E-state index contributed by atoms with van der Waals surface area (Å²) in [6.07, 6.45) is 1.58. The molecule has 0 amide bonds. The molecule has 0 radical (unpaired) electrons. The second-order valence-electron chi connectivity index (χ2n) is 5.56. The van der Waals surface area contributed by atoms with Crippen LogP contribution in [0.15, 0.2) is 54.1 Å². The number of ketones is 1. The molecule has 0 heterocycles. The van der Waals surface area contributed by atoms with E-state index in [1.807, 2.05) is 44.2 Å². The van der Waals surface area contributed by atoms with Crippen LogP contribution in [0.3, 0.4) is 0 Å². The van der Waals surface area contributed by atoms with Gasteiger partial charge in [0.15, 0.2) is 5.78 Å². The third-order valence-corrected chi connectivity index (χ3v) is 3.43. The Morgan fingerprint density at radius 1 is 0.958 bits per heavy atom. The van der Waals surface area contributed by atoms with Crippen molar-refractivity contribution in [2.75, 3.05) is 14.2 Å². The van der Waals surface area contributed by atoms with E-state index in [4.69, 9.17) is 14.2 Å². The summed E-state index contributed by atoms with van der Waals surface area (Å²) in [4.78, 5) is 12.5. The molecule has 0 unspecified atom stereocenters. The summed E-state index contributed by atoms with van der Waals surface area (Å²) in [5, 5.41) is 0. The van der Waals surface area contributed by atoms with Crippen molar-refractivity contribution in [3.8, 4) is 17.2 Å². The molecule has 24 heavy (non-hydrogen) atoms. The summed E-state index contributed by atoms with van der Waals surface area (Å²) in [5.74, 6) is 1.68. The van der Waals surface area contributed by atoms with E-state index < -0.39 is 0 Å². The molecule has 0 saturated carbocycles. The van der Waals surface area contributed by atoms with Gasteiger partial charge in [-0.05, 0) is 49.8 Å². The average molecular weight is 326 g/mol. The Hall–Kier alpha value is -2.75. The van der Waals surface area contributed by atoms with Crippen molar-refractivity contribution in [1.29, 1.82) is 0 Å². The molecule has 126 valence electrons. The first-order chi connectivity index (χ1) is 11.5. The van der Waals surface area contributed by atoms with Crippen LogP contribution in [-0.2, 0) is 6.61 Å². The van der Waals surface area contributed by atoms with Gasteiger partial charge in [0.2, 0.25) is 0 Å². The fraction of sp³-hybridized carbons (Fsp3) is 0.250. The van der Waals surface area contributed by atoms with E-state index >= 15 is 0 Å². The molecule has 0 aromatic heterocycles. The third-order valence-electron chi connectivity index (χ3n) is 3.43. The molecule has 4 heteroatoms. The van der Waals surface area contributed by atoms with E-state index in [0.29, 0.717) is 23.7 Å². The lowest BCUT2D eigenvalue weighted by Crippen LogP contribution is -2.05. The summed E-state index contributed by atoms with van der Waals surface area (Å²) in [7, 11) is 3.17. The molecule has 0 atom stereocenters. The number of hydrogen-bond donors (Lipinski definition) is 0. The molecule has 0 aliphatic carbocycles. The first-order valence-electron chi connectivity index (χ1n) is 7.67. The van der Waals surface area contributed by atoms with E-state index in [2.05, 4.69) is 0 Å². The second-order valence-corrected chi connectivity index (χ2v) is 5.56. The topological polar surface area (TPSA) is 44.8 Å². The van der Waals surface area contributed by atoms with Crippen LogP contribution in [0.5, 0.6) is 17.2 Å². The summed E-state index contributed by atoms with van der Waals surface area (Å²) in [6.45, 7) is 4.11. The molecular formula is C20H22O4. The van der Waals surface area contributed by atoms with Gasteiger partial charge in [0.1, 0.15) is 29.4 Å². The average Bonchev–Trinajstić information content (AvgIpc) is 2.59. The minimum absolute atomic E-state index is 0.128. The van der Waals surface area contributed by atoms with Gasteiger partial charge in [-0.2, -0.15) is 0 Å². The molecule has 0 bridgehead atoms. The molecule has 2 rings (SSSR count). The van der Waals surface area contributed by atoms with Gasteiger partial charge in [0.25, 0.3) is 0 Å². The van der Waals surface area contributed by atoms with Gasteiger partial charge in [0, 0.05) is 0 Å². The van der Waals surface area contributed by atoms with Crippen LogP contribution in [0.1, 0.15) is 29.8 Å². The summed E-state index contributed by atoms with van der Waals surface area (Å²) in [5.41, 5.74) is 2.35. The quantitative estimate of drug-likeness (QED) is 0.558. The molecule has 0 N–H and O–H groups in total. The van der Waals surface area contributed by atoms with Crippen LogP contribution >= 0.6 is 0 Å². The maximum Gasteiger partial charge on any atom is 0.193 e. The van der Waals surface area contributed by atoms with Crippen LogP contribution in [0, 0.1) is 0 Å².